The van der Waals surface area contributed by atoms with E-state index in [4.69, 9.17) is 5.11 Å². The zero-order valence-corrected chi connectivity index (χ0v) is 8.40. The Bertz CT molecular complexity index is 137. The summed E-state index contributed by atoms with van der Waals surface area (Å²) < 4.78 is 35.1. The van der Waals surface area contributed by atoms with E-state index in [0.29, 0.717) is 25.9 Å². The highest BCUT2D eigenvalue weighted by Gasteiger charge is 2.25. The van der Waals surface area contributed by atoms with Gasteiger partial charge in [0.15, 0.2) is 0 Å². The Morgan fingerprint density at radius 1 is 1.21 bits per heavy atom. The number of halogens is 3. The minimum Gasteiger partial charge on any atom is -0.393 e. The molecule has 2 nitrogen and oxygen atoms in total. The molecule has 14 heavy (non-hydrogen) atoms. The molecular weight excluding hydrogens is 195 g/mol. The molecule has 0 heterocycles. The van der Waals surface area contributed by atoms with Gasteiger partial charge in [-0.2, -0.15) is 13.2 Å². The average molecular weight is 213 g/mol. The Labute approximate surface area is 82.5 Å². The molecule has 0 aliphatic carbocycles. The summed E-state index contributed by atoms with van der Waals surface area (Å²) in [6.07, 6.45) is -3.74. The third kappa shape index (κ3) is 11.7. The maximum atomic E-state index is 11.7. The van der Waals surface area contributed by atoms with Crippen LogP contribution in [0.25, 0.3) is 0 Å². The first-order valence-corrected chi connectivity index (χ1v) is 4.87. The SMILES string of the molecule is CC(O)CCNCCCCC(F)(F)F. The van der Waals surface area contributed by atoms with Gasteiger partial charge >= 0.3 is 6.18 Å². The minimum absolute atomic E-state index is 0.172. The van der Waals surface area contributed by atoms with Crippen molar-refractivity contribution >= 4 is 0 Å². The lowest BCUT2D eigenvalue weighted by Crippen LogP contribution is -2.20. The lowest BCUT2D eigenvalue weighted by molar-refractivity contribution is -0.135. The summed E-state index contributed by atoms with van der Waals surface area (Å²) in [6, 6.07) is 0. The van der Waals surface area contributed by atoms with E-state index in [1.165, 1.54) is 0 Å². The molecule has 0 bridgehead atoms. The molecule has 0 saturated heterocycles. The predicted octanol–water partition coefficient (Wildman–Crippen LogP) is 2.08. The van der Waals surface area contributed by atoms with Crippen molar-refractivity contribution in [3.05, 3.63) is 0 Å². The van der Waals surface area contributed by atoms with Gasteiger partial charge in [-0.05, 0) is 39.3 Å². The van der Waals surface area contributed by atoms with Crippen molar-refractivity contribution in [3.63, 3.8) is 0 Å². The molecular formula is C9H18F3NO. The van der Waals surface area contributed by atoms with Gasteiger partial charge in [-0.25, -0.2) is 0 Å². The van der Waals surface area contributed by atoms with Crippen LogP contribution in [0.3, 0.4) is 0 Å². The summed E-state index contributed by atoms with van der Waals surface area (Å²) >= 11 is 0. The van der Waals surface area contributed by atoms with Crippen LogP contribution in [0.1, 0.15) is 32.6 Å². The summed E-state index contributed by atoms with van der Waals surface area (Å²) in [7, 11) is 0. The molecule has 2 N–H and O–H groups in total. The smallest absolute Gasteiger partial charge is 0.389 e. The lowest BCUT2D eigenvalue weighted by Gasteiger charge is -2.07. The van der Waals surface area contributed by atoms with Crippen LogP contribution in [0.5, 0.6) is 0 Å². The van der Waals surface area contributed by atoms with E-state index in [-0.39, 0.29) is 12.5 Å². The first-order valence-electron chi connectivity index (χ1n) is 4.87. The zero-order valence-electron chi connectivity index (χ0n) is 8.40. The summed E-state index contributed by atoms with van der Waals surface area (Å²) in [6.45, 7) is 2.93. The van der Waals surface area contributed by atoms with E-state index in [1.807, 2.05) is 0 Å². The average Bonchev–Trinajstić information content (AvgIpc) is 2.00. The second-order valence-corrected chi connectivity index (χ2v) is 3.46. The van der Waals surface area contributed by atoms with Gasteiger partial charge in [0.2, 0.25) is 0 Å². The van der Waals surface area contributed by atoms with Crippen LogP contribution in [-0.4, -0.2) is 30.5 Å². The first-order chi connectivity index (χ1) is 6.42. The predicted molar refractivity (Wildman–Crippen MR) is 49.1 cm³/mol. The van der Waals surface area contributed by atoms with Gasteiger partial charge in [0.1, 0.15) is 0 Å². The molecule has 1 atom stereocenters. The fraction of sp³-hybridized carbons (Fsp3) is 1.00. The van der Waals surface area contributed by atoms with Gasteiger partial charge in [0.25, 0.3) is 0 Å². The largest absolute Gasteiger partial charge is 0.393 e. The van der Waals surface area contributed by atoms with Gasteiger partial charge in [0, 0.05) is 6.42 Å². The standard InChI is InChI=1S/C9H18F3NO/c1-8(14)4-7-13-6-3-2-5-9(10,11)12/h8,13-14H,2-7H2,1H3. The Hall–Kier alpha value is -0.290. The maximum Gasteiger partial charge on any atom is 0.389 e. The lowest BCUT2D eigenvalue weighted by atomic mass is 10.2. The van der Waals surface area contributed by atoms with E-state index < -0.39 is 12.6 Å². The molecule has 0 aliphatic heterocycles. The number of nitrogens with one attached hydrogen (secondary N) is 1. The van der Waals surface area contributed by atoms with Crippen LogP contribution in [0, 0.1) is 0 Å². The topological polar surface area (TPSA) is 32.3 Å². The van der Waals surface area contributed by atoms with Crippen molar-refractivity contribution in [3.8, 4) is 0 Å². The van der Waals surface area contributed by atoms with E-state index in [9.17, 15) is 13.2 Å². The number of alkyl halides is 3. The number of hydrogen-bond donors (Lipinski definition) is 2. The van der Waals surface area contributed by atoms with Gasteiger partial charge in [-0.1, -0.05) is 0 Å². The molecule has 0 rings (SSSR count). The van der Waals surface area contributed by atoms with Gasteiger partial charge in [-0.15, -0.1) is 0 Å². The molecule has 0 radical (unpaired) electrons. The van der Waals surface area contributed by atoms with Crippen LogP contribution < -0.4 is 5.32 Å². The Balaban J connectivity index is 3.07. The highest BCUT2D eigenvalue weighted by atomic mass is 19.4. The van der Waals surface area contributed by atoms with E-state index in [2.05, 4.69) is 5.32 Å². The van der Waals surface area contributed by atoms with E-state index in [0.717, 1.165) is 0 Å². The second kappa shape index (κ2) is 7.06. The monoisotopic (exact) mass is 213 g/mol. The van der Waals surface area contributed by atoms with Crippen LogP contribution in [0.15, 0.2) is 0 Å². The molecule has 0 saturated carbocycles. The molecule has 5 heteroatoms. The number of hydrogen-bond acceptors (Lipinski definition) is 2. The van der Waals surface area contributed by atoms with Crippen molar-refractivity contribution in [2.24, 2.45) is 0 Å². The summed E-state index contributed by atoms with van der Waals surface area (Å²) in [4.78, 5) is 0. The molecule has 86 valence electrons. The number of unbranched alkanes of at least 4 members (excludes halogenated alkanes) is 1. The summed E-state index contributed by atoms with van der Waals surface area (Å²) in [5, 5.41) is 11.8. The Kier molecular flexibility index (Phi) is 6.92. The summed E-state index contributed by atoms with van der Waals surface area (Å²) in [5.74, 6) is 0. The molecule has 0 aromatic heterocycles. The fourth-order valence-corrected chi connectivity index (χ4v) is 1.01. The van der Waals surface area contributed by atoms with Crippen molar-refractivity contribution in [1.29, 1.82) is 0 Å². The number of aliphatic hydroxyl groups is 1. The van der Waals surface area contributed by atoms with Crippen molar-refractivity contribution in [2.75, 3.05) is 13.1 Å². The quantitative estimate of drug-likeness (QED) is 0.634. The second-order valence-electron chi connectivity index (χ2n) is 3.46. The normalized spacial score (nSPS) is 14.4. The molecule has 0 amide bonds. The maximum absolute atomic E-state index is 11.7. The molecule has 0 aromatic rings. The number of rotatable bonds is 7. The molecule has 0 aliphatic rings. The molecule has 0 spiro atoms. The molecule has 0 fully saturated rings. The van der Waals surface area contributed by atoms with Crippen LogP contribution >= 0.6 is 0 Å². The molecule has 0 aromatic carbocycles. The Morgan fingerprint density at radius 3 is 2.36 bits per heavy atom. The third-order valence-electron chi connectivity index (χ3n) is 1.80. The zero-order chi connectivity index (χ0) is 11.0. The third-order valence-corrected chi connectivity index (χ3v) is 1.80. The van der Waals surface area contributed by atoms with Gasteiger partial charge < -0.3 is 10.4 Å². The highest BCUT2D eigenvalue weighted by molar-refractivity contribution is 4.55. The minimum atomic E-state index is -4.03. The van der Waals surface area contributed by atoms with Crippen molar-refractivity contribution in [1.82, 2.24) is 5.32 Å². The van der Waals surface area contributed by atoms with E-state index in [1.54, 1.807) is 6.92 Å². The summed E-state index contributed by atoms with van der Waals surface area (Å²) in [5.41, 5.74) is 0. The van der Waals surface area contributed by atoms with Crippen molar-refractivity contribution in [2.45, 2.75) is 44.9 Å². The van der Waals surface area contributed by atoms with Crippen LogP contribution in [-0.2, 0) is 0 Å². The first kappa shape index (κ1) is 13.7. The molecule has 1 unspecified atom stereocenters. The van der Waals surface area contributed by atoms with Crippen molar-refractivity contribution < 1.29 is 18.3 Å². The van der Waals surface area contributed by atoms with Gasteiger partial charge in [-0.3, -0.25) is 0 Å². The van der Waals surface area contributed by atoms with Gasteiger partial charge in [0.05, 0.1) is 6.10 Å². The highest BCUT2D eigenvalue weighted by Crippen LogP contribution is 2.21. The van der Waals surface area contributed by atoms with E-state index >= 15 is 0 Å². The Morgan fingerprint density at radius 2 is 1.86 bits per heavy atom. The van der Waals surface area contributed by atoms with Crippen LogP contribution in [0.2, 0.25) is 0 Å². The van der Waals surface area contributed by atoms with Crippen LogP contribution in [0.4, 0.5) is 13.2 Å². The fourth-order valence-electron chi connectivity index (χ4n) is 1.01. The number of aliphatic hydroxyl groups excluding tert-OH is 1.